The number of halogens is 1. The molecule has 1 N–H and O–H groups in total. The van der Waals surface area contributed by atoms with Gasteiger partial charge in [0.15, 0.2) is 0 Å². The lowest BCUT2D eigenvalue weighted by Crippen LogP contribution is -2.31. The Hall–Kier alpha value is -3.97. The van der Waals surface area contributed by atoms with Crippen molar-refractivity contribution in [3.05, 3.63) is 106 Å². The first-order valence-electron chi connectivity index (χ1n) is 11.7. The lowest BCUT2D eigenvalue weighted by atomic mass is 9.95. The molecule has 6 nitrogen and oxygen atoms in total. The van der Waals surface area contributed by atoms with Crippen LogP contribution < -0.4 is 4.74 Å². The van der Waals surface area contributed by atoms with E-state index < -0.39 is 23.5 Å². The number of likely N-dealkylation sites (tertiary alicyclic amines) is 1. The fraction of sp³-hybridized carbons (Fsp3) is 0.241. The largest absolute Gasteiger partial charge is 0.507 e. The van der Waals surface area contributed by atoms with Crippen LogP contribution in [0.15, 0.2) is 78.4 Å². The molecular formula is C29H28FNO5. The summed E-state index contributed by atoms with van der Waals surface area (Å²) in [6.45, 7) is 3.07. The number of carbonyl (C=O) groups excluding carboxylic acids is 2. The van der Waals surface area contributed by atoms with Crippen LogP contribution in [0, 0.1) is 12.7 Å². The van der Waals surface area contributed by atoms with E-state index in [0.717, 1.165) is 11.1 Å². The second kappa shape index (κ2) is 11.2. The smallest absolute Gasteiger partial charge is 0.295 e. The van der Waals surface area contributed by atoms with Gasteiger partial charge in [-0.15, -0.1) is 0 Å². The van der Waals surface area contributed by atoms with Crippen LogP contribution in [0.25, 0.3) is 5.76 Å². The molecule has 36 heavy (non-hydrogen) atoms. The molecule has 7 heteroatoms. The molecule has 0 aliphatic carbocycles. The summed E-state index contributed by atoms with van der Waals surface area (Å²) in [4.78, 5) is 27.3. The number of hydrogen-bond donors (Lipinski definition) is 1. The molecule has 4 rings (SSSR count). The molecule has 3 aromatic carbocycles. The van der Waals surface area contributed by atoms with Gasteiger partial charge in [-0.25, -0.2) is 4.39 Å². The minimum Gasteiger partial charge on any atom is -0.507 e. The summed E-state index contributed by atoms with van der Waals surface area (Å²) in [5, 5.41) is 11.2. The summed E-state index contributed by atoms with van der Waals surface area (Å²) in [6.07, 6.45) is 0.508. The molecule has 0 aromatic heterocycles. The summed E-state index contributed by atoms with van der Waals surface area (Å²) in [6, 6.07) is 19.4. The van der Waals surface area contributed by atoms with E-state index >= 15 is 0 Å². The maximum absolute atomic E-state index is 13.6. The van der Waals surface area contributed by atoms with Crippen LogP contribution >= 0.6 is 0 Å². The third kappa shape index (κ3) is 5.47. The number of aliphatic hydroxyl groups is 1. The Morgan fingerprint density at radius 3 is 2.42 bits per heavy atom. The SMILES string of the molecule is COCCCN1C(=O)C(=O)/C(=C(/O)c2ccc(OCc3cccc(C)c3)cc2)[C@@H]1c1ccc(F)cc1. The van der Waals surface area contributed by atoms with Gasteiger partial charge in [-0.3, -0.25) is 9.59 Å². The topological polar surface area (TPSA) is 76.1 Å². The number of Topliss-reactive ketones (excluding diaryl/α,β-unsaturated/α-hetero) is 1. The highest BCUT2D eigenvalue weighted by atomic mass is 19.1. The molecule has 0 spiro atoms. The molecule has 1 aliphatic heterocycles. The molecule has 0 unspecified atom stereocenters. The Bertz CT molecular complexity index is 1270. The summed E-state index contributed by atoms with van der Waals surface area (Å²) < 4.78 is 24.5. The average Bonchev–Trinajstić information content (AvgIpc) is 3.13. The first kappa shape index (κ1) is 25.1. The van der Waals surface area contributed by atoms with Crippen LogP contribution in [-0.2, 0) is 20.9 Å². The van der Waals surface area contributed by atoms with Gasteiger partial charge in [0.05, 0.1) is 11.6 Å². The summed E-state index contributed by atoms with van der Waals surface area (Å²) in [5.41, 5.74) is 3.06. The van der Waals surface area contributed by atoms with E-state index in [1.165, 1.54) is 29.2 Å². The normalized spacial score (nSPS) is 17.0. The van der Waals surface area contributed by atoms with Crippen LogP contribution in [0.4, 0.5) is 4.39 Å². The first-order chi connectivity index (χ1) is 17.4. The van der Waals surface area contributed by atoms with Crippen molar-refractivity contribution in [2.24, 2.45) is 0 Å². The number of ketones is 1. The Morgan fingerprint density at radius 1 is 1.03 bits per heavy atom. The van der Waals surface area contributed by atoms with Gasteiger partial charge < -0.3 is 19.5 Å². The minimum atomic E-state index is -0.834. The highest BCUT2D eigenvalue weighted by molar-refractivity contribution is 6.46. The van der Waals surface area contributed by atoms with Crippen molar-refractivity contribution in [3.8, 4) is 5.75 Å². The predicted octanol–water partition coefficient (Wildman–Crippen LogP) is 5.17. The second-order valence-corrected chi connectivity index (χ2v) is 8.69. The number of rotatable bonds is 9. The van der Waals surface area contributed by atoms with Crippen molar-refractivity contribution in [1.82, 2.24) is 4.90 Å². The third-order valence-corrected chi connectivity index (χ3v) is 6.09. The molecule has 1 atom stereocenters. The molecular weight excluding hydrogens is 461 g/mol. The lowest BCUT2D eigenvalue weighted by molar-refractivity contribution is -0.140. The number of amides is 1. The van der Waals surface area contributed by atoms with E-state index in [1.54, 1.807) is 31.4 Å². The first-order valence-corrected chi connectivity index (χ1v) is 11.7. The number of methoxy groups -OCH3 is 1. The maximum atomic E-state index is 13.6. The minimum absolute atomic E-state index is 0.0301. The summed E-state index contributed by atoms with van der Waals surface area (Å²) in [5.74, 6) is -1.61. The van der Waals surface area contributed by atoms with Crippen molar-refractivity contribution in [1.29, 1.82) is 0 Å². The van der Waals surface area contributed by atoms with Gasteiger partial charge in [-0.05, 0) is 60.9 Å². The maximum Gasteiger partial charge on any atom is 0.295 e. The number of aryl methyl sites for hydroxylation is 1. The van der Waals surface area contributed by atoms with Gasteiger partial charge in [0.2, 0.25) is 0 Å². The Morgan fingerprint density at radius 2 is 1.75 bits per heavy atom. The number of ether oxygens (including phenoxy) is 2. The molecule has 1 aliphatic rings. The third-order valence-electron chi connectivity index (χ3n) is 6.09. The zero-order valence-electron chi connectivity index (χ0n) is 20.2. The van der Waals surface area contributed by atoms with Crippen LogP contribution in [0.2, 0.25) is 0 Å². The quantitative estimate of drug-likeness (QED) is 0.194. The van der Waals surface area contributed by atoms with E-state index in [0.29, 0.717) is 36.5 Å². The van der Waals surface area contributed by atoms with Crippen LogP contribution in [0.1, 0.15) is 34.7 Å². The molecule has 1 amide bonds. The molecule has 186 valence electrons. The Labute approximate surface area is 209 Å². The summed E-state index contributed by atoms with van der Waals surface area (Å²) in [7, 11) is 1.56. The van der Waals surface area contributed by atoms with E-state index in [1.807, 2.05) is 31.2 Å². The Balaban J connectivity index is 1.62. The van der Waals surface area contributed by atoms with E-state index in [-0.39, 0.29) is 17.9 Å². The fourth-order valence-corrected chi connectivity index (χ4v) is 4.31. The number of hydrogen-bond acceptors (Lipinski definition) is 5. The predicted molar refractivity (Wildman–Crippen MR) is 134 cm³/mol. The van der Waals surface area contributed by atoms with Gasteiger partial charge in [-0.2, -0.15) is 0 Å². The number of aliphatic hydroxyl groups excluding tert-OH is 1. The van der Waals surface area contributed by atoms with Crippen molar-refractivity contribution < 1.29 is 28.6 Å². The lowest BCUT2D eigenvalue weighted by Gasteiger charge is -2.25. The van der Waals surface area contributed by atoms with E-state index in [2.05, 4.69) is 0 Å². The van der Waals surface area contributed by atoms with Crippen LogP contribution in [0.5, 0.6) is 5.75 Å². The highest BCUT2D eigenvalue weighted by Gasteiger charge is 2.45. The Kier molecular flexibility index (Phi) is 7.80. The van der Waals surface area contributed by atoms with Crippen LogP contribution in [-0.4, -0.2) is 42.0 Å². The van der Waals surface area contributed by atoms with Gasteiger partial charge in [-0.1, -0.05) is 42.0 Å². The van der Waals surface area contributed by atoms with E-state index in [4.69, 9.17) is 9.47 Å². The van der Waals surface area contributed by atoms with Gasteiger partial charge in [0, 0.05) is 25.8 Å². The molecule has 0 radical (unpaired) electrons. The van der Waals surface area contributed by atoms with Gasteiger partial charge >= 0.3 is 0 Å². The average molecular weight is 490 g/mol. The molecule has 0 saturated carbocycles. The summed E-state index contributed by atoms with van der Waals surface area (Å²) >= 11 is 0. The van der Waals surface area contributed by atoms with Gasteiger partial charge in [0.1, 0.15) is 23.9 Å². The van der Waals surface area contributed by atoms with Crippen LogP contribution in [0.3, 0.4) is 0 Å². The fourth-order valence-electron chi connectivity index (χ4n) is 4.31. The zero-order chi connectivity index (χ0) is 25.7. The molecule has 3 aromatic rings. The van der Waals surface area contributed by atoms with Crippen molar-refractivity contribution >= 4 is 17.4 Å². The monoisotopic (exact) mass is 489 g/mol. The molecule has 1 heterocycles. The molecule has 1 saturated heterocycles. The van der Waals surface area contributed by atoms with Crippen molar-refractivity contribution in [3.63, 3.8) is 0 Å². The van der Waals surface area contributed by atoms with Crippen molar-refractivity contribution in [2.75, 3.05) is 20.3 Å². The van der Waals surface area contributed by atoms with Crippen molar-refractivity contribution in [2.45, 2.75) is 26.0 Å². The standard InChI is InChI=1S/C29H28FNO5/c1-19-5-3-6-20(17-19)18-36-24-13-9-22(10-14-24)27(32)25-26(21-7-11-23(30)12-8-21)31(15-4-16-35-2)29(34)28(25)33/h3,5-14,17,26,32H,4,15-16,18H2,1-2H3/b27-25+/t26-/m0/s1. The number of nitrogens with zero attached hydrogens (tertiary/aromatic N) is 1. The van der Waals surface area contributed by atoms with E-state index in [9.17, 15) is 19.1 Å². The molecule has 1 fully saturated rings. The number of carbonyl (C=O) groups is 2. The molecule has 0 bridgehead atoms. The highest BCUT2D eigenvalue weighted by Crippen LogP contribution is 2.39. The second-order valence-electron chi connectivity index (χ2n) is 8.69. The number of benzene rings is 3. The van der Waals surface area contributed by atoms with Gasteiger partial charge in [0.25, 0.3) is 11.7 Å². The zero-order valence-corrected chi connectivity index (χ0v) is 20.2.